The predicted octanol–water partition coefficient (Wildman–Crippen LogP) is 10.6. The number of carbonyl (C=O) groups is 2. The molecule has 1 aliphatic heterocycles. The van der Waals surface area contributed by atoms with Crippen LogP contribution in [0.15, 0.2) is 84.9 Å². The summed E-state index contributed by atoms with van der Waals surface area (Å²) in [5.74, 6) is -0.354. The summed E-state index contributed by atoms with van der Waals surface area (Å²) in [4.78, 5) is 41.2. The number of rotatable bonds is 4. The summed E-state index contributed by atoms with van der Waals surface area (Å²) in [5, 5.41) is 3.00. The maximum Gasteiger partial charge on any atom is 0.254 e. The van der Waals surface area contributed by atoms with Crippen molar-refractivity contribution in [1.82, 2.24) is 19.8 Å². The monoisotopic (exact) mass is 752 g/mol. The van der Waals surface area contributed by atoms with E-state index < -0.39 is 0 Å². The van der Waals surface area contributed by atoms with E-state index in [-0.39, 0.29) is 31.9 Å². The molecule has 12 heteroatoms. The zero-order valence-electron chi connectivity index (χ0n) is 24.8. The summed E-state index contributed by atoms with van der Waals surface area (Å²) in [6.45, 7) is 1.33. The molecule has 1 fully saturated rings. The molecular formula is C36H22Cl6N4O2. The van der Waals surface area contributed by atoms with Crippen LogP contribution in [0.4, 0.5) is 0 Å². The van der Waals surface area contributed by atoms with Gasteiger partial charge >= 0.3 is 0 Å². The van der Waals surface area contributed by atoms with E-state index in [9.17, 15) is 9.59 Å². The molecule has 0 radical (unpaired) electrons. The minimum absolute atomic E-state index is 0.177. The van der Waals surface area contributed by atoms with Crippen molar-refractivity contribution in [2.24, 2.45) is 0 Å². The van der Waals surface area contributed by atoms with Gasteiger partial charge in [0.15, 0.2) is 0 Å². The summed E-state index contributed by atoms with van der Waals surface area (Å²) in [6.07, 6.45) is 0. The van der Waals surface area contributed by atoms with Gasteiger partial charge in [0.25, 0.3) is 11.8 Å². The number of hydrogen-bond donors (Lipinski definition) is 0. The standard InChI is InChI=1S/C36H22Cl6N4O2/c37-25-11-9-21(31(39)33(25)41)29-17-23(19-5-1-3-7-27(19)43-29)35(47)45-13-15-46(16-14-45)36(48)24-18-30(44-28-8-4-2-6-20(24)28)22-10-12-26(38)34(42)32(22)40/h1-12,17-18H,13-16H2. The summed E-state index contributed by atoms with van der Waals surface area (Å²) in [7, 11) is 0. The molecule has 0 saturated carbocycles. The van der Waals surface area contributed by atoms with Crippen molar-refractivity contribution in [3.8, 4) is 22.5 Å². The lowest BCUT2D eigenvalue weighted by molar-refractivity contribution is 0.0537. The zero-order valence-corrected chi connectivity index (χ0v) is 29.3. The Bertz CT molecular complexity index is 2130. The number of carbonyl (C=O) groups excluding carboxylic acids is 2. The van der Waals surface area contributed by atoms with Crippen molar-refractivity contribution in [3.63, 3.8) is 0 Å². The highest BCUT2D eigenvalue weighted by molar-refractivity contribution is 6.50. The van der Waals surface area contributed by atoms with E-state index in [0.717, 1.165) is 0 Å². The third-order valence-corrected chi connectivity index (χ3v) is 11.0. The van der Waals surface area contributed by atoms with Crippen molar-refractivity contribution in [3.05, 3.63) is 126 Å². The van der Waals surface area contributed by atoms with Crippen LogP contribution in [-0.4, -0.2) is 57.8 Å². The van der Waals surface area contributed by atoms with E-state index in [4.69, 9.17) is 79.6 Å². The van der Waals surface area contributed by atoms with Gasteiger partial charge in [-0.3, -0.25) is 9.59 Å². The molecule has 7 rings (SSSR count). The van der Waals surface area contributed by atoms with Gasteiger partial charge in [-0.15, -0.1) is 0 Å². The maximum atomic E-state index is 14.1. The molecule has 3 heterocycles. The minimum atomic E-state index is -0.177. The first-order valence-corrected chi connectivity index (χ1v) is 17.0. The summed E-state index contributed by atoms with van der Waals surface area (Å²) >= 11 is 38.1. The van der Waals surface area contributed by atoms with Crippen LogP contribution in [-0.2, 0) is 0 Å². The van der Waals surface area contributed by atoms with Crippen LogP contribution < -0.4 is 0 Å². The molecule has 1 saturated heterocycles. The van der Waals surface area contributed by atoms with E-state index in [0.29, 0.717) is 91.7 Å². The van der Waals surface area contributed by atoms with Gasteiger partial charge < -0.3 is 9.80 Å². The van der Waals surface area contributed by atoms with Gasteiger partial charge in [0, 0.05) is 48.1 Å². The summed E-state index contributed by atoms with van der Waals surface area (Å²) in [6, 6.07) is 25.1. The van der Waals surface area contributed by atoms with Crippen LogP contribution in [0.2, 0.25) is 30.1 Å². The summed E-state index contributed by atoms with van der Waals surface area (Å²) < 4.78 is 0. The van der Waals surface area contributed by atoms with Gasteiger partial charge in [-0.2, -0.15) is 0 Å². The smallest absolute Gasteiger partial charge is 0.254 e. The molecule has 240 valence electrons. The Labute approximate surface area is 305 Å². The SMILES string of the molecule is O=C(c1cc(-c2ccc(Cl)c(Cl)c2Cl)nc2ccccc12)N1CCN(C(=O)c2cc(-c3ccc(Cl)c(Cl)c3Cl)nc3ccccc23)CC1. The van der Waals surface area contributed by atoms with Crippen molar-refractivity contribution < 1.29 is 9.59 Å². The van der Waals surface area contributed by atoms with Gasteiger partial charge in [0.05, 0.1) is 63.7 Å². The Morgan fingerprint density at radius 3 is 1.27 bits per heavy atom. The van der Waals surface area contributed by atoms with E-state index in [1.165, 1.54) is 0 Å². The molecule has 2 amide bonds. The predicted molar refractivity (Wildman–Crippen MR) is 196 cm³/mol. The Morgan fingerprint density at radius 2 is 0.875 bits per heavy atom. The lowest BCUT2D eigenvalue weighted by Gasteiger charge is -2.35. The molecule has 0 bridgehead atoms. The van der Waals surface area contributed by atoms with E-state index in [1.54, 1.807) is 46.2 Å². The summed E-state index contributed by atoms with van der Waals surface area (Å²) in [5.41, 5.74) is 4.34. The fourth-order valence-corrected chi connectivity index (χ4v) is 7.15. The fourth-order valence-electron chi connectivity index (χ4n) is 5.88. The Hall–Kier alpha value is -3.62. The zero-order chi connectivity index (χ0) is 33.7. The number of nitrogens with zero attached hydrogens (tertiary/aromatic N) is 4. The Morgan fingerprint density at radius 1 is 0.500 bits per heavy atom. The number of hydrogen-bond acceptors (Lipinski definition) is 4. The normalized spacial score (nSPS) is 13.4. The largest absolute Gasteiger partial charge is 0.335 e. The molecule has 0 unspecified atom stereocenters. The highest BCUT2D eigenvalue weighted by atomic mass is 35.5. The Kier molecular flexibility index (Phi) is 9.16. The van der Waals surface area contributed by atoms with Crippen LogP contribution in [0.25, 0.3) is 44.3 Å². The van der Waals surface area contributed by atoms with Crippen LogP contribution in [0, 0.1) is 0 Å². The van der Waals surface area contributed by atoms with Crippen LogP contribution >= 0.6 is 69.6 Å². The average molecular weight is 755 g/mol. The highest BCUT2D eigenvalue weighted by Gasteiger charge is 2.29. The van der Waals surface area contributed by atoms with E-state index in [1.807, 2.05) is 48.5 Å². The van der Waals surface area contributed by atoms with Gasteiger partial charge in [-0.1, -0.05) is 106 Å². The molecule has 1 aliphatic rings. The van der Waals surface area contributed by atoms with Crippen molar-refractivity contribution >= 4 is 103 Å². The topological polar surface area (TPSA) is 66.4 Å². The van der Waals surface area contributed by atoms with Gasteiger partial charge in [0.2, 0.25) is 0 Å². The quantitative estimate of drug-likeness (QED) is 0.168. The number of para-hydroxylation sites is 2. The number of piperazine rings is 1. The second kappa shape index (κ2) is 13.4. The fraction of sp³-hybridized carbons (Fsp3) is 0.111. The van der Waals surface area contributed by atoms with E-state index >= 15 is 0 Å². The molecule has 0 aliphatic carbocycles. The molecule has 0 atom stereocenters. The van der Waals surface area contributed by atoms with Crippen molar-refractivity contribution in [1.29, 1.82) is 0 Å². The highest BCUT2D eigenvalue weighted by Crippen LogP contribution is 2.40. The molecule has 0 spiro atoms. The van der Waals surface area contributed by atoms with Gasteiger partial charge in [-0.05, 0) is 48.5 Å². The molecule has 48 heavy (non-hydrogen) atoms. The average Bonchev–Trinajstić information content (AvgIpc) is 3.11. The van der Waals surface area contributed by atoms with Crippen LogP contribution in [0.5, 0.6) is 0 Å². The molecular weight excluding hydrogens is 733 g/mol. The van der Waals surface area contributed by atoms with Crippen molar-refractivity contribution in [2.75, 3.05) is 26.2 Å². The van der Waals surface area contributed by atoms with Gasteiger partial charge in [0.1, 0.15) is 0 Å². The number of pyridine rings is 2. The van der Waals surface area contributed by atoms with Gasteiger partial charge in [-0.25, -0.2) is 9.97 Å². The third kappa shape index (κ3) is 5.96. The first kappa shape index (κ1) is 32.9. The maximum absolute atomic E-state index is 14.1. The molecule has 4 aromatic carbocycles. The molecule has 6 aromatic rings. The number of amides is 2. The minimum Gasteiger partial charge on any atom is -0.335 e. The molecule has 0 N–H and O–H groups in total. The number of halogens is 6. The lowest BCUT2D eigenvalue weighted by Crippen LogP contribution is -2.50. The first-order chi connectivity index (χ1) is 23.1. The third-order valence-electron chi connectivity index (χ3n) is 8.37. The Balaban J connectivity index is 1.18. The first-order valence-electron chi connectivity index (χ1n) is 14.8. The lowest BCUT2D eigenvalue weighted by atomic mass is 10.0. The second-order valence-corrected chi connectivity index (χ2v) is 13.5. The van der Waals surface area contributed by atoms with Crippen LogP contribution in [0.1, 0.15) is 20.7 Å². The van der Waals surface area contributed by atoms with E-state index in [2.05, 4.69) is 0 Å². The van der Waals surface area contributed by atoms with Crippen molar-refractivity contribution in [2.45, 2.75) is 0 Å². The number of aromatic nitrogens is 2. The molecule has 2 aromatic heterocycles. The number of fused-ring (bicyclic) bond motifs is 2. The molecule has 6 nitrogen and oxygen atoms in total. The second-order valence-electron chi connectivity index (χ2n) is 11.2. The number of benzene rings is 4. The van der Waals surface area contributed by atoms with Crippen LogP contribution in [0.3, 0.4) is 0 Å².